The molecular weight excluding hydrogens is 230 g/mol. The van der Waals surface area contributed by atoms with Crippen LogP contribution in [0.4, 0.5) is 5.69 Å². The molecule has 1 aromatic rings. The zero-order valence-electron chi connectivity index (χ0n) is 11.3. The van der Waals surface area contributed by atoms with Gasteiger partial charge >= 0.3 is 0 Å². The van der Waals surface area contributed by atoms with E-state index in [0.717, 1.165) is 30.8 Å². The third-order valence-corrected chi connectivity index (χ3v) is 2.58. The average Bonchev–Trinajstić information content (AvgIpc) is 2.38. The third-order valence-electron chi connectivity index (χ3n) is 2.58. The first kappa shape index (κ1) is 14.8. The van der Waals surface area contributed by atoms with Crippen LogP contribution in [0, 0.1) is 0 Å². The summed E-state index contributed by atoms with van der Waals surface area (Å²) in [5.74, 6) is 0.802. The Morgan fingerprint density at radius 1 is 1.11 bits per heavy atom. The Bertz CT molecular complexity index is 342. The van der Waals surface area contributed by atoms with Gasteiger partial charge in [0.15, 0.2) is 0 Å². The molecule has 0 heterocycles. The predicted octanol–water partition coefficient (Wildman–Crippen LogP) is 2.61. The molecule has 4 heteroatoms. The fourth-order valence-corrected chi connectivity index (χ4v) is 1.56. The van der Waals surface area contributed by atoms with Crippen molar-refractivity contribution in [1.29, 1.82) is 0 Å². The highest BCUT2D eigenvalue weighted by atomic mass is 16.5. The van der Waals surface area contributed by atoms with Gasteiger partial charge in [0.2, 0.25) is 0 Å². The van der Waals surface area contributed by atoms with Crippen LogP contribution < -0.4 is 10.5 Å². The van der Waals surface area contributed by atoms with E-state index in [4.69, 9.17) is 19.9 Å². The van der Waals surface area contributed by atoms with E-state index in [1.54, 1.807) is 7.11 Å². The van der Waals surface area contributed by atoms with Crippen molar-refractivity contribution < 1.29 is 14.2 Å². The van der Waals surface area contributed by atoms with Gasteiger partial charge in [0.25, 0.3) is 0 Å². The lowest BCUT2D eigenvalue weighted by Gasteiger charge is -2.10. The van der Waals surface area contributed by atoms with Gasteiger partial charge < -0.3 is 19.9 Å². The number of unbranched alkanes of at least 4 members (excludes halogenated alkanes) is 1. The molecule has 0 aliphatic rings. The third kappa shape index (κ3) is 5.38. The van der Waals surface area contributed by atoms with E-state index in [9.17, 15) is 0 Å². The lowest BCUT2D eigenvalue weighted by atomic mass is 10.2. The summed E-state index contributed by atoms with van der Waals surface area (Å²) in [6.07, 6.45) is 2.25. The van der Waals surface area contributed by atoms with E-state index in [1.807, 2.05) is 18.2 Å². The molecule has 0 unspecified atom stereocenters. The van der Waals surface area contributed by atoms with Crippen molar-refractivity contribution in [3.63, 3.8) is 0 Å². The molecule has 4 nitrogen and oxygen atoms in total. The average molecular weight is 253 g/mol. The molecule has 0 aliphatic heterocycles. The first-order valence-corrected chi connectivity index (χ1v) is 6.35. The Hall–Kier alpha value is -1.26. The van der Waals surface area contributed by atoms with Crippen molar-refractivity contribution in [1.82, 2.24) is 0 Å². The Morgan fingerprint density at radius 2 is 1.89 bits per heavy atom. The number of rotatable bonds is 9. The molecule has 0 aromatic heterocycles. The highest BCUT2D eigenvalue weighted by Gasteiger charge is 2.03. The lowest BCUT2D eigenvalue weighted by molar-refractivity contribution is 0.0391. The maximum atomic E-state index is 5.73. The highest BCUT2D eigenvalue weighted by molar-refractivity contribution is 5.47. The van der Waals surface area contributed by atoms with E-state index in [-0.39, 0.29) is 0 Å². The van der Waals surface area contributed by atoms with Crippen LogP contribution in [-0.2, 0) is 16.1 Å². The number of methoxy groups -OCH3 is 1. The van der Waals surface area contributed by atoms with Gasteiger partial charge in [-0.1, -0.05) is 13.3 Å². The second-order valence-electron chi connectivity index (χ2n) is 4.09. The van der Waals surface area contributed by atoms with Crippen LogP contribution >= 0.6 is 0 Å². The Kier molecular flexibility index (Phi) is 7.22. The molecule has 1 rings (SSSR count). The van der Waals surface area contributed by atoms with Crippen LogP contribution in [0.3, 0.4) is 0 Å². The van der Waals surface area contributed by atoms with Crippen molar-refractivity contribution in [3.05, 3.63) is 23.8 Å². The molecule has 18 heavy (non-hydrogen) atoms. The van der Waals surface area contributed by atoms with E-state index < -0.39 is 0 Å². The van der Waals surface area contributed by atoms with Crippen LogP contribution in [0.5, 0.6) is 5.75 Å². The Morgan fingerprint density at radius 3 is 2.61 bits per heavy atom. The van der Waals surface area contributed by atoms with Crippen molar-refractivity contribution in [2.45, 2.75) is 26.4 Å². The Labute approximate surface area is 109 Å². The van der Waals surface area contributed by atoms with Gasteiger partial charge in [0, 0.05) is 17.9 Å². The monoisotopic (exact) mass is 253 g/mol. The zero-order valence-corrected chi connectivity index (χ0v) is 11.3. The Balaban J connectivity index is 2.24. The molecule has 0 radical (unpaired) electrons. The molecule has 0 bridgehead atoms. The van der Waals surface area contributed by atoms with Crippen molar-refractivity contribution in [3.8, 4) is 5.75 Å². The minimum Gasteiger partial charge on any atom is -0.496 e. The molecule has 0 aliphatic carbocycles. The zero-order chi connectivity index (χ0) is 13.2. The molecule has 102 valence electrons. The topological polar surface area (TPSA) is 53.7 Å². The van der Waals surface area contributed by atoms with Gasteiger partial charge in [-0.3, -0.25) is 0 Å². The minimum atomic E-state index is 0.491. The number of nitrogen functional groups attached to an aromatic ring is 1. The van der Waals surface area contributed by atoms with Gasteiger partial charge in [-0.15, -0.1) is 0 Å². The minimum absolute atomic E-state index is 0.491. The maximum absolute atomic E-state index is 5.73. The van der Waals surface area contributed by atoms with Crippen LogP contribution in [0.2, 0.25) is 0 Å². The number of hydrogen-bond acceptors (Lipinski definition) is 4. The van der Waals surface area contributed by atoms with E-state index >= 15 is 0 Å². The van der Waals surface area contributed by atoms with Crippen LogP contribution in [0.1, 0.15) is 25.3 Å². The first-order valence-electron chi connectivity index (χ1n) is 6.35. The van der Waals surface area contributed by atoms with E-state index in [1.165, 1.54) is 0 Å². The molecule has 0 amide bonds. The number of benzene rings is 1. The van der Waals surface area contributed by atoms with Gasteiger partial charge in [-0.2, -0.15) is 0 Å². The lowest BCUT2D eigenvalue weighted by Crippen LogP contribution is -2.06. The molecule has 0 spiro atoms. The quantitative estimate of drug-likeness (QED) is 0.543. The standard InChI is InChI=1S/C14H23NO3/c1-3-4-7-17-8-9-18-11-12-10-13(15)5-6-14(12)16-2/h5-6,10H,3-4,7-9,11,15H2,1-2H3. The predicted molar refractivity (Wildman–Crippen MR) is 72.8 cm³/mol. The van der Waals surface area contributed by atoms with E-state index in [2.05, 4.69) is 6.92 Å². The number of anilines is 1. The molecule has 0 saturated carbocycles. The summed E-state index contributed by atoms with van der Waals surface area (Å²) in [6.45, 7) is 4.66. The van der Waals surface area contributed by atoms with Crippen LogP contribution in [0.25, 0.3) is 0 Å². The van der Waals surface area contributed by atoms with Gasteiger partial charge in [-0.25, -0.2) is 0 Å². The van der Waals surface area contributed by atoms with Gasteiger partial charge in [0.1, 0.15) is 5.75 Å². The summed E-state index contributed by atoms with van der Waals surface area (Å²) >= 11 is 0. The summed E-state index contributed by atoms with van der Waals surface area (Å²) in [4.78, 5) is 0. The second-order valence-corrected chi connectivity index (χ2v) is 4.09. The molecule has 0 saturated heterocycles. The molecule has 0 atom stereocenters. The van der Waals surface area contributed by atoms with Crippen LogP contribution in [0.15, 0.2) is 18.2 Å². The molecule has 0 fully saturated rings. The number of ether oxygens (including phenoxy) is 3. The highest BCUT2D eigenvalue weighted by Crippen LogP contribution is 2.21. The largest absolute Gasteiger partial charge is 0.496 e. The fraction of sp³-hybridized carbons (Fsp3) is 0.571. The fourth-order valence-electron chi connectivity index (χ4n) is 1.56. The maximum Gasteiger partial charge on any atom is 0.124 e. The second kappa shape index (κ2) is 8.78. The normalized spacial score (nSPS) is 10.6. The van der Waals surface area contributed by atoms with Gasteiger partial charge in [-0.05, 0) is 24.6 Å². The SMILES string of the molecule is CCCCOCCOCc1cc(N)ccc1OC. The summed E-state index contributed by atoms with van der Waals surface area (Å²) in [7, 11) is 1.64. The van der Waals surface area contributed by atoms with Crippen molar-refractivity contribution >= 4 is 5.69 Å². The molecular formula is C14H23NO3. The summed E-state index contributed by atoms with van der Waals surface area (Å²) in [5.41, 5.74) is 7.41. The first-order chi connectivity index (χ1) is 8.77. The number of nitrogens with two attached hydrogens (primary N) is 1. The van der Waals surface area contributed by atoms with E-state index in [0.29, 0.717) is 25.5 Å². The molecule has 1 aromatic carbocycles. The number of hydrogen-bond donors (Lipinski definition) is 1. The van der Waals surface area contributed by atoms with Gasteiger partial charge in [0.05, 0.1) is 26.9 Å². The van der Waals surface area contributed by atoms with Crippen molar-refractivity contribution in [2.75, 3.05) is 32.7 Å². The summed E-state index contributed by atoms with van der Waals surface area (Å²) < 4.78 is 16.2. The molecule has 2 N–H and O–H groups in total. The summed E-state index contributed by atoms with van der Waals surface area (Å²) in [5, 5.41) is 0. The van der Waals surface area contributed by atoms with Crippen LogP contribution in [-0.4, -0.2) is 26.9 Å². The smallest absolute Gasteiger partial charge is 0.124 e. The van der Waals surface area contributed by atoms with Crippen molar-refractivity contribution in [2.24, 2.45) is 0 Å². The summed E-state index contributed by atoms with van der Waals surface area (Å²) in [6, 6.07) is 5.54.